The Morgan fingerprint density at radius 2 is 2.54 bits per heavy atom. The van der Waals surface area contributed by atoms with E-state index >= 15 is 0 Å². The Labute approximate surface area is 76.3 Å². The molecule has 5 heteroatoms. The summed E-state index contributed by atoms with van der Waals surface area (Å²) in [6.45, 7) is 4.00. The van der Waals surface area contributed by atoms with Crippen LogP contribution in [-0.4, -0.2) is 23.7 Å². The summed E-state index contributed by atoms with van der Waals surface area (Å²) in [7, 11) is 0. The highest BCUT2D eigenvalue weighted by atomic mass is 16.5. The maximum absolute atomic E-state index is 11.3. The molecule has 13 heavy (non-hydrogen) atoms. The summed E-state index contributed by atoms with van der Waals surface area (Å²) < 4.78 is 4.76. The van der Waals surface area contributed by atoms with E-state index in [1.807, 2.05) is 6.92 Å². The van der Waals surface area contributed by atoms with Crippen molar-refractivity contribution in [3.63, 3.8) is 0 Å². The lowest BCUT2D eigenvalue weighted by atomic mass is 10.3. The minimum atomic E-state index is -0.280. The van der Waals surface area contributed by atoms with Gasteiger partial charge in [-0.05, 0) is 13.8 Å². The molecule has 1 amide bonds. The molecule has 1 atom stereocenters. The summed E-state index contributed by atoms with van der Waals surface area (Å²) in [6, 6.07) is 1.52. The first kappa shape index (κ1) is 9.73. The number of nitrogens with zero attached hydrogens (tertiary/aromatic N) is 1. The Morgan fingerprint density at radius 1 is 1.85 bits per heavy atom. The van der Waals surface area contributed by atoms with Crippen LogP contribution in [0.1, 0.15) is 23.2 Å². The molecule has 1 heterocycles. The van der Waals surface area contributed by atoms with Gasteiger partial charge in [0, 0.05) is 18.7 Å². The second-order valence-corrected chi connectivity index (χ2v) is 3.02. The third-order valence-electron chi connectivity index (χ3n) is 1.44. The van der Waals surface area contributed by atoms with Crippen LogP contribution < -0.4 is 11.1 Å². The van der Waals surface area contributed by atoms with Crippen molar-refractivity contribution in [1.29, 1.82) is 0 Å². The van der Waals surface area contributed by atoms with Crippen LogP contribution in [0.3, 0.4) is 0 Å². The van der Waals surface area contributed by atoms with Crippen LogP contribution in [0.25, 0.3) is 0 Å². The molecule has 0 aliphatic carbocycles. The highest BCUT2D eigenvalue weighted by Gasteiger charge is 2.10. The monoisotopic (exact) mass is 183 g/mol. The van der Waals surface area contributed by atoms with Gasteiger partial charge in [-0.3, -0.25) is 4.79 Å². The van der Waals surface area contributed by atoms with Gasteiger partial charge in [-0.25, -0.2) is 0 Å². The van der Waals surface area contributed by atoms with Crippen molar-refractivity contribution < 1.29 is 9.32 Å². The van der Waals surface area contributed by atoms with Gasteiger partial charge in [-0.15, -0.1) is 0 Å². The van der Waals surface area contributed by atoms with Gasteiger partial charge in [0.2, 0.25) is 5.76 Å². The summed E-state index contributed by atoms with van der Waals surface area (Å²) >= 11 is 0. The highest BCUT2D eigenvalue weighted by molar-refractivity contribution is 5.91. The van der Waals surface area contributed by atoms with Crippen LogP contribution in [-0.2, 0) is 0 Å². The molecule has 0 radical (unpaired) electrons. The molecule has 0 aliphatic heterocycles. The molecule has 1 rings (SSSR count). The summed E-state index contributed by atoms with van der Waals surface area (Å²) in [5.74, 6) is -0.0592. The summed E-state index contributed by atoms with van der Waals surface area (Å²) in [5, 5.41) is 6.21. The van der Waals surface area contributed by atoms with E-state index in [1.165, 1.54) is 0 Å². The number of aromatic nitrogens is 1. The molecule has 1 unspecified atom stereocenters. The Balaban J connectivity index is 2.49. The van der Waals surface area contributed by atoms with E-state index in [-0.39, 0.29) is 17.7 Å². The quantitative estimate of drug-likeness (QED) is 0.694. The molecule has 0 aromatic carbocycles. The van der Waals surface area contributed by atoms with Gasteiger partial charge in [0.1, 0.15) is 0 Å². The van der Waals surface area contributed by atoms with Gasteiger partial charge in [0.25, 0.3) is 5.91 Å². The summed E-state index contributed by atoms with van der Waals surface area (Å²) in [6.07, 6.45) is 0. The molecule has 3 N–H and O–H groups in total. The van der Waals surface area contributed by atoms with Gasteiger partial charge in [-0.2, -0.15) is 0 Å². The number of aryl methyl sites for hydroxylation is 1. The number of amides is 1. The normalized spacial score (nSPS) is 12.5. The lowest BCUT2D eigenvalue weighted by Gasteiger charge is -2.04. The molecule has 0 spiro atoms. The minimum Gasteiger partial charge on any atom is -0.351 e. The molecule has 0 saturated heterocycles. The van der Waals surface area contributed by atoms with Gasteiger partial charge in [0.05, 0.1) is 5.69 Å². The molecule has 0 aliphatic rings. The topological polar surface area (TPSA) is 81.2 Å². The predicted molar refractivity (Wildman–Crippen MR) is 47.2 cm³/mol. The Morgan fingerprint density at radius 3 is 3.00 bits per heavy atom. The van der Waals surface area contributed by atoms with Crippen LogP contribution in [0, 0.1) is 6.92 Å². The third-order valence-corrected chi connectivity index (χ3v) is 1.44. The molecule has 1 aromatic rings. The van der Waals surface area contributed by atoms with E-state index in [1.54, 1.807) is 13.0 Å². The van der Waals surface area contributed by atoms with Crippen LogP contribution >= 0.6 is 0 Å². The summed E-state index contributed by atoms with van der Waals surface area (Å²) in [5.41, 5.74) is 6.15. The number of nitrogens with one attached hydrogen (secondary N) is 1. The first-order chi connectivity index (χ1) is 6.09. The Hall–Kier alpha value is -1.36. The van der Waals surface area contributed by atoms with E-state index < -0.39 is 0 Å². The Kier molecular flexibility index (Phi) is 3.02. The molecule has 1 aromatic heterocycles. The first-order valence-electron chi connectivity index (χ1n) is 4.06. The summed E-state index contributed by atoms with van der Waals surface area (Å²) in [4.78, 5) is 11.3. The SMILES string of the molecule is Cc1cc(C(=O)NCC(C)N)on1. The van der Waals surface area contributed by atoms with Gasteiger partial charge < -0.3 is 15.6 Å². The van der Waals surface area contributed by atoms with Crippen molar-refractivity contribution in [2.75, 3.05) is 6.54 Å². The largest absolute Gasteiger partial charge is 0.351 e. The fraction of sp³-hybridized carbons (Fsp3) is 0.500. The fourth-order valence-electron chi connectivity index (χ4n) is 0.811. The van der Waals surface area contributed by atoms with Gasteiger partial charge in [0.15, 0.2) is 0 Å². The second kappa shape index (κ2) is 4.04. The van der Waals surface area contributed by atoms with E-state index in [0.717, 1.165) is 0 Å². The molecule has 0 saturated carbocycles. The molecule has 72 valence electrons. The predicted octanol–water partition coefficient (Wildman–Crippen LogP) is 0.0600. The van der Waals surface area contributed by atoms with Crippen molar-refractivity contribution in [3.05, 3.63) is 17.5 Å². The standard InChI is InChI=1S/C8H13N3O2/c1-5(9)4-10-8(12)7-3-6(2)11-13-7/h3,5H,4,9H2,1-2H3,(H,10,12). The fourth-order valence-corrected chi connectivity index (χ4v) is 0.811. The number of carbonyl (C=O) groups is 1. The molecule has 5 nitrogen and oxygen atoms in total. The van der Waals surface area contributed by atoms with E-state index in [0.29, 0.717) is 12.2 Å². The molecular formula is C8H13N3O2. The molecular weight excluding hydrogens is 170 g/mol. The van der Waals surface area contributed by atoms with Gasteiger partial charge in [-0.1, -0.05) is 5.16 Å². The zero-order chi connectivity index (χ0) is 9.84. The van der Waals surface area contributed by atoms with Crippen LogP contribution in [0.5, 0.6) is 0 Å². The van der Waals surface area contributed by atoms with Crippen LogP contribution in [0.4, 0.5) is 0 Å². The number of carbonyl (C=O) groups excluding carboxylic acids is 1. The maximum atomic E-state index is 11.3. The lowest BCUT2D eigenvalue weighted by molar-refractivity contribution is 0.0915. The average molecular weight is 183 g/mol. The maximum Gasteiger partial charge on any atom is 0.289 e. The third kappa shape index (κ3) is 2.87. The van der Waals surface area contributed by atoms with Gasteiger partial charge >= 0.3 is 0 Å². The average Bonchev–Trinajstić information content (AvgIpc) is 2.47. The number of rotatable bonds is 3. The zero-order valence-electron chi connectivity index (χ0n) is 7.70. The second-order valence-electron chi connectivity index (χ2n) is 3.02. The van der Waals surface area contributed by atoms with E-state index in [2.05, 4.69) is 10.5 Å². The number of nitrogens with two attached hydrogens (primary N) is 1. The lowest BCUT2D eigenvalue weighted by Crippen LogP contribution is -2.34. The van der Waals surface area contributed by atoms with E-state index in [4.69, 9.17) is 10.3 Å². The van der Waals surface area contributed by atoms with E-state index in [9.17, 15) is 4.79 Å². The van der Waals surface area contributed by atoms with Crippen molar-refractivity contribution in [2.24, 2.45) is 5.73 Å². The van der Waals surface area contributed by atoms with Crippen LogP contribution in [0.2, 0.25) is 0 Å². The smallest absolute Gasteiger partial charge is 0.289 e. The number of hydrogen-bond acceptors (Lipinski definition) is 4. The first-order valence-corrected chi connectivity index (χ1v) is 4.06. The molecule has 0 bridgehead atoms. The minimum absolute atomic E-state index is 0.0621. The van der Waals surface area contributed by atoms with Crippen molar-refractivity contribution in [2.45, 2.75) is 19.9 Å². The highest BCUT2D eigenvalue weighted by Crippen LogP contribution is 2.00. The number of hydrogen-bond donors (Lipinski definition) is 2. The van der Waals surface area contributed by atoms with Crippen molar-refractivity contribution in [3.8, 4) is 0 Å². The Bertz CT molecular complexity index is 293. The van der Waals surface area contributed by atoms with Crippen molar-refractivity contribution in [1.82, 2.24) is 10.5 Å². The van der Waals surface area contributed by atoms with Crippen molar-refractivity contribution >= 4 is 5.91 Å². The zero-order valence-corrected chi connectivity index (χ0v) is 7.70. The van der Waals surface area contributed by atoms with Crippen LogP contribution in [0.15, 0.2) is 10.6 Å². The molecule has 0 fully saturated rings.